The summed E-state index contributed by atoms with van der Waals surface area (Å²) in [5.41, 5.74) is 4.86. The first-order chi connectivity index (χ1) is 8.43. The summed E-state index contributed by atoms with van der Waals surface area (Å²) >= 11 is 0. The van der Waals surface area contributed by atoms with E-state index in [2.05, 4.69) is 0 Å². The van der Waals surface area contributed by atoms with E-state index in [9.17, 15) is 13.2 Å². The lowest BCUT2D eigenvalue weighted by atomic mass is 9.85. The Morgan fingerprint density at radius 1 is 0.889 bits per heavy atom. The molecular weight excluding hydrogens is 239 g/mol. The summed E-state index contributed by atoms with van der Waals surface area (Å²) in [4.78, 5) is 0. The predicted molar refractivity (Wildman–Crippen MR) is 63.4 cm³/mol. The molecule has 2 N–H and O–H groups in total. The Hall–Kier alpha value is -1.81. The second kappa shape index (κ2) is 4.46. The van der Waals surface area contributed by atoms with Crippen LogP contribution in [0.15, 0.2) is 42.5 Å². The minimum absolute atomic E-state index is 0.225. The van der Waals surface area contributed by atoms with Gasteiger partial charge in [0, 0.05) is 5.56 Å². The molecule has 0 aliphatic heterocycles. The maximum atomic E-state index is 13.7. The third kappa shape index (κ3) is 2.11. The van der Waals surface area contributed by atoms with Crippen LogP contribution in [-0.2, 0) is 5.54 Å². The second-order valence-corrected chi connectivity index (χ2v) is 4.31. The Kier molecular flexibility index (Phi) is 3.13. The average molecular weight is 251 g/mol. The van der Waals surface area contributed by atoms with Crippen LogP contribution in [0.1, 0.15) is 18.1 Å². The molecule has 0 aliphatic carbocycles. The van der Waals surface area contributed by atoms with E-state index in [0.717, 1.165) is 12.1 Å². The number of rotatable bonds is 2. The fourth-order valence-corrected chi connectivity index (χ4v) is 1.93. The topological polar surface area (TPSA) is 26.0 Å². The minimum atomic E-state index is -1.36. The van der Waals surface area contributed by atoms with Crippen molar-refractivity contribution in [2.75, 3.05) is 0 Å². The first-order valence-corrected chi connectivity index (χ1v) is 5.42. The van der Waals surface area contributed by atoms with Crippen LogP contribution in [0.5, 0.6) is 0 Å². The Labute approximate surface area is 103 Å². The van der Waals surface area contributed by atoms with Gasteiger partial charge in [0.1, 0.15) is 17.5 Å². The van der Waals surface area contributed by atoms with Gasteiger partial charge in [0.05, 0.1) is 5.54 Å². The van der Waals surface area contributed by atoms with Crippen molar-refractivity contribution in [2.24, 2.45) is 5.73 Å². The molecule has 0 saturated carbocycles. The lowest BCUT2D eigenvalue weighted by molar-refractivity contribution is 0.481. The van der Waals surface area contributed by atoms with Gasteiger partial charge in [-0.3, -0.25) is 0 Å². The molecule has 0 radical (unpaired) electrons. The standard InChI is InChI=1S/C14H12F3N/c1-14(18,9-5-7-10(15)8-6-9)13-11(16)3-2-4-12(13)17/h2-8H,18H2,1H3. The molecule has 1 nitrogen and oxygen atoms in total. The summed E-state index contributed by atoms with van der Waals surface area (Å²) in [5.74, 6) is -1.86. The highest BCUT2D eigenvalue weighted by atomic mass is 19.1. The minimum Gasteiger partial charge on any atom is -0.318 e. The Bertz CT molecular complexity index is 542. The normalized spacial score (nSPS) is 14.3. The number of halogens is 3. The smallest absolute Gasteiger partial charge is 0.131 e. The molecule has 0 fully saturated rings. The summed E-state index contributed by atoms with van der Waals surface area (Å²) in [5, 5.41) is 0. The van der Waals surface area contributed by atoms with E-state index >= 15 is 0 Å². The molecule has 0 aromatic heterocycles. The van der Waals surface area contributed by atoms with Crippen LogP contribution in [0.4, 0.5) is 13.2 Å². The lowest BCUT2D eigenvalue weighted by Crippen LogP contribution is -2.36. The first-order valence-electron chi connectivity index (χ1n) is 5.42. The molecule has 4 heteroatoms. The first kappa shape index (κ1) is 12.6. The highest BCUT2D eigenvalue weighted by Crippen LogP contribution is 2.30. The van der Waals surface area contributed by atoms with E-state index in [0.29, 0.717) is 5.56 Å². The summed E-state index contributed by atoms with van der Waals surface area (Å²) < 4.78 is 40.3. The molecule has 1 atom stereocenters. The van der Waals surface area contributed by atoms with Crippen LogP contribution in [0.3, 0.4) is 0 Å². The quantitative estimate of drug-likeness (QED) is 0.870. The molecule has 0 bridgehead atoms. The van der Waals surface area contributed by atoms with Crippen LogP contribution >= 0.6 is 0 Å². The van der Waals surface area contributed by atoms with E-state index in [4.69, 9.17) is 5.73 Å². The van der Waals surface area contributed by atoms with Gasteiger partial charge in [-0.1, -0.05) is 18.2 Å². The van der Waals surface area contributed by atoms with Crippen molar-refractivity contribution >= 4 is 0 Å². The zero-order valence-corrected chi connectivity index (χ0v) is 9.75. The highest BCUT2D eigenvalue weighted by molar-refractivity contribution is 5.38. The van der Waals surface area contributed by atoms with Gasteiger partial charge in [0.2, 0.25) is 0 Å². The van der Waals surface area contributed by atoms with Gasteiger partial charge in [-0.2, -0.15) is 0 Å². The Morgan fingerprint density at radius 2 is 1.39 bits per heavy atom. The fourth-order valence-electron chi connectivity index (χ4n) is 1.93. The van der Waals surface area contributed by atoms with E-state index in [-0.39, 0.29) is 5.56 Å². The van der Waals surface area contributed by atoms with Gasteiger partial charge in [-0.25, -0.2) is 13.2 Å². The van der Waals surface area contributed by atoms with Crippen molar-refractivity contribution in [1.82, 2.24) is 0 Å². The molecule has 1 unspecified atom stereocenters. The third-order valence-electron chi connectivity index (χ3n) is 2.93. The monoisotopic (exact) mass is 251 g/mol. The van der Waals surface area contributed by atoms with Gasteiger partial charge in [0.15, 0.2) is 0 Å². The van der Waals surface area contributed by atoms with Crippen LogP contribution in [0, 0.1) is 17.5 Å². The third-order valence-corrected chi connectivity index (χ3v) is 2.93. The molecule has 94 valence electrons. The van der Waals surface area contributed by atoms with E-state index < -0.39 is 23.0 Å². The summed E-state index contributed by atoms with van der Waals surface area (Å²) in [6.07, 6.45) is 0. The Balaban J connectivity index is 2.57. The summed E-state index contributed by atoms with van der Waals surface area (Å²) in [6.45, 7) is 1.49. The number of hydrogen-bond acceptors (Lipinski definition) is 1. The van der Waals surface area contributed by atoms with E-state index in [1.165, 1.54) is 37.3 Å². The zero-order valence-electron chi connectivity index (χ0n) is 9.75. The molecule has 0 heterocycles. The molecule has 18 heavy (non-hydrogen) atoms. The van der Waals surface area contributed by atoms with Crippen molar-refractivity contribution in [3.8, 4) is 0 Å². The zero-order chi connectivity index (χ0) is 13.3. The van der Waals surface area contributed by atoms with Crippen molar-refractivity contribution < 1.29 is 13.2 Å². The van der Waals surface area contributed by atoms with Crippen molar-refractivity contribution in [2.45, 2.75) is 12.5 Å². The van der Waals surface area contributed by atoms with Crippen LogP contribution in [0.25, 0.3) is 0 Å². The molecule has 0 spiro atoms. The molecule has 2 aromatic rings. The Morgan fingerprint density at radius 3 is 1.89 bits per heavy atom. The molecule has 0 aliphatic rings. The maximum Gasteiger partial charge on any atom is 0.131 e. The van der Waals surface area contributed by atoms with Crippen molar-refractivity contribution in [3.63, 3.8) is 0 Å². The van der Waals surface area contributed by atoms with Gasteiger partial charge < -0.3 is 5.73 Å². The molecule has 2 rings (SSSR count). The second-order valence-electron chi connectivity index (χ2n) is 4.31. The predicted octanol–water partition coefficient (Wildman–Crippen LogP) is 3.33. The fraction of sp³-hybridized carbons (Fsp3) is 0.143. The average Bonchev–Trinajstić information content (AvgIpc) is 2.29. The number of hydrogen-bond donors (Lipinski definition) is 1. The maximum absolute atomic E-state index is 13.7. The van der Waals surface area contributed by atoms with Crippen LogP contribution in [0.2, 0.25) is 0 Å². The SMILES string of the molecule is CC(N)(c1ccc(F)cc1)c1c(F)cccc1F. The highest BCUT2D eigenvalue weighted by Gasteiger charge is 2.30. The molecular formula is C14H12F3N. The van der Waals surface area contributed by atoms with Gasteiger partial charge in [-0.05, 0) is 36.8 Å². The van der Waals surface area contributed by atoms with Gasteiger partial charge >= 0.3 is 0 Å². The van der Waals surface area contributed by atoms with Crippen molar-refractivity contribution in [3.05, 3.63) is 71.0 Å². The lowest BCUT2D eigenvalue weighted by Gasteiger charge is -2.26. The molecule has 0 saturated heterocycles. The van der Waals surface area contributed by atoms with Gasteiger partial charge in [0.25, 0.3) is 0 Å². The summed E-state index contributed by atoms with van der Waals surface area (Å²) in [7, 11) is 0. The van der Waals surface area contributed by atoms with E-state index in [1.807, 2.05) is 0 Å². The molecule has 0 amide bonds. The summed E-state index contributed by atoms with van der Waals surface area (Å²) in [6, 6.07) is 8.82. The van der Waals surface area contributed by atoms with Crippen LogP contribution in [-0.4, -0.2) is 0 Å². The number of benzene rings is 2. The molecule has 2 aromatic carbocycles. The van der Waals surface area contributed by atoms with Crippen molar-refractivity contribution in [1.29, 1.82) is 0 Å². The van der Waals surface area contributed by atoms with Crippen LogP contribution < -0.4 is 5.73 Å². The number of nitrogens with two attached hydrogens (primary N) is 1. The van der Waals surface area contributed by atoms with Gasteiger partial charge in [-0.15, -0.1) is 0 Å². The van der Waals surface area contributed by atoms with E-state index in [1.54, 1.807) is 0 Å². The largest absolute Gasteiger partial charge is 0.318 e.